The molecule has 1 fully saturated rings. The topological polar surface area (TPSA) is 163 Å². The Balaban J connectivity index is 2.37. The Hall–Kier alpha value is -2.66. The van der Waals surface area contributed by atoms with Crippen molar-refractivity contribution in [3.8, 4) is 11.5 Å². The SMILES string of the molecule is [2H]C([2H])([2H])Oc1ccc(/C=C/C(=O)O)cc1O[C@@H]1O[C@H](C(=O)O)[C@@H](O)[C@H](O)[C@H]1O. The van der Waals surface area contributed by atoms with E-state index in [1.165, 1.54) is 6.07 Å². The molecular formula is C16H18O10. The van der Waals surface area contributed by atoms with Gasteiger partial charge in [0, 0.05) is 6.08 Å². The molecule has 1 saturated heterocycles. The molecule has 2 rings (SSSR count). The Bertz CT molecular complexity index is 794. The van der Waals surface area contributed by atoms with E-state index >= 15 is 0 Å². The Morgan fingerprint density at radius 3 is 2.50 bits per heavy atom. The zero-order valence-electron chi connectivity index (χ0n) is 16.1. The van der Waals surface area contributed by atoms with Crippen molar-refractivity contribution in [3.05, 3.63) is 29.8 Å². The predicted octanol–water partition coefficient (Wildman–Crippen LogP) is -0.936. The van der Waals surface area contributed by atoms with Gasteiger partial charge in [0.25, 0.3) is 0 Å². The average Bonchev–Trinajstić information content (AvgIpc) is 2.60. The first-order valence-electron chi connectivity index (χ1n) is 8.72. The molecule has 0 aromatic heterocycles. The third-order valence-corrected chi connectivity index (χ3v) is 3.55. The molecule has 0 bridgehead atoms. The zero-order chi connectivity index (χ0) is 21.9. The summed E-state index contributed by atoms with van der Waals surface area (Å²) in [5.41, 5.74) is 0.237. The van der Waals surface area contributed by atoms with Gasteiger partial charge in [0.15, 0.2) is 17.6 Å². The highest BCUT2D eigenvalue weighted by molar-refractivity contribution is 5.85. The fraction of sp³-hybridized carbons (Fsp3) is 0.375. The van der Waals surface area contributed by atoms with E-state index in [4.69, 9.17) is 28.5 Å². The monoisotopic (exact) mass is 373 g/mol. The van der Waals surface area contributed by atoms with Crippen molar-refractivity contribution < 1.29 is 53.4 Å². The molecule has 10 heteroatoms. The van der Waals surface area contributed by atoms with Gasteiger partial charge in [-0.3, -0.25) is 0 Å². The number of aliphatic hydroxyl groups excluding tert-OH is 3. The van der Waals surface area contributed by atoms with Crippen LogP contribution in [-0.4, -0.2) is 75.2 Å². The van der Waals surface area contributed by atoms with Gasteiger partial charge in [-0.15, -0.1) is 0 Å². The molecule has 0 amide bonds. The molecule has 5 N–H and O–H groups in total. The number of carbonyl (C=O) groups is 2. The van der Waals surface area contributed by atoms with Crippen LogP contribution >= 0.6 is 0 Å². The highest BCUT2D eigenvalue weighted by Gasteiger charge is 2.48. The summed E-state index contributed by atoms with van der Waals surface area (Å²) >= 11 is 0. The summed E-state index contributed by atoms with van der Waals surface area (Å²) in [7, 11) is -2.89. The Labute approximate surface area is 151 Å². The minimum absolute atomic E-state index is 0.237. The number of ether oxygens (including phenoxy) is 3. The number of benzene rings is 1. The number of aliphatic hydroxyl groups is 3. The van der Waals surface area contributed by atoms with E-state index in [1.54, 1.807) is 0 Å². The first-order valence-corrected chi connectivity index (χ1v) is 7.22. The van der Waals surface area contributed by atoms with Crippen LogP contribution in [0.25, 0.3) is 6.08 Å². The van der Waals surface area contributed by atoms with Gasteiger partial charge in [0.05, 0.1) is 11.2 Å². The normalized spacial score (nSPS) is 30.9. The second-order valence-electron chi connectivity index (χ2n) is 5.33. The van der Waals surface area contributed by atoms with E-state index in [0.29, 0.717) is 0 Å². The summed E-state index contributed by atoms with van der Waals surface area (Å²) in [6.07, 6.45) is -7.55. The second-order valence-corrected chi connectivity index (χ2v) is 5.33. The summed E-state index contributed by atoms with van der Waals surface area (Å²) < 4.78 is 36.7. The average molecular weight is 373 g/mol. The van der Waals surface area contributed by atoms with Crippen molar-refractivity contribution in [1.29, 1.82) is 0 Å². The number of carboxylic acid groups (broad SMARTS) is 2. The van der Waals surface area contributed by atoms with Gasteiger partial charge in [-0.1, -0.05) is 6.07 Å². The van der Waals surface area contributed by atoms with Crippen LogP contribution in [-0.2, 0) is 14.3 Å². The molecule has 0 aliphatic carbocycles. The van der Waals surface area contributed by atoms with E-state index < -0.39 is 49.7 Å². The number of aliphatic carboxylic acids is 2. The predicted molar refractivity (Wildman–Crippen MR) is 84.6 cm³/mol. The number of hydrogen-bond acceptors (Lipinski definition) is 8. The maximum Gasteiger partial charge on any atom is 0.335 e. The van der Waals surface area contributed by atoms with Crippen LogP contribution in [0.1, 0.15) is 9.68 Å². The molecule has 1 heterocycles. The summed E-state index contributed by atoms with van der Waals surface area (Å²) in [6, 6.07) is 3.63. The lowest BCUT2D eigenvalue weighted by Crippen LogP contribution is -2.61. The van der Waals surface area contributed by atoms with Crippen molar-refractivity contribution in [3.63, 3.8) is 0 Å². The van der Waals surface area contributed by atoms with Crippen molar-refractivity contribution in [2.75, 3.05) is 7.04 Å². The molecule has 1 aromatic rings. The highest BCUT2D eigenvalue weighted by Crippen LogP contribution is 2.32. The summed E-state index contributed by atoms with van der Waals surface area (Å²) in [4.78, 5) is 21.8. The third-order valence-electron chi connectivity index (χ3n) is 3.55. The fourth-order valence-electron chi connectivity index (χ4n) is 2.25. The van der Waals surface area contributed by atoms with Gasteiger partial charge in [-0.05, 0) is 23.8 Å². The number of carboxylic acids is 2. The molecule has 26 heavy (non-hydrogen) atoms. The summed E-state index contributed by atoms with van der Waals surface area (Å²) in [5.74, 6) is -3.57. The maximum absolute atomic E-state index is 11.2. The lowest BCUT2D eigenvalue weighted by atomic mass is 9.99. The zero-order valence-corrected chi connectivity index (χ0v) is 13.1. The summed E-state index contributed by atoms with van der Waals surface area (Å²) in [6.45, 7) is 0. The Morgan fingerprint density at radius 2 is 1.88 bits per heavy atom. The quantitative estimate of drug-likeness (QED) is 0.393. The van der Waals surface area contributed by atoms with Crippen LogP contribution in [0.2, 0.25) is 0 Å². The van der Waals surface area contributed by atoms with Crippen LogP contribution in [0.5, 0.6) is 11.5 Å². The maximum atomic E-state index is 11.2. The van der Waals surface area contributed by atoms with Crippen LogP contribution in [0.3, 0.4) is 0 Å². The number of hydrogen-bond donors (Lipinski definition) is 5. The first kappa shape index (κ1) is 15.6. The molecule has 0 unspecified atom stereocenters. The van der Waals surface area contributed by atoms with Gasteiger partial charge in [0.1, 0.15) is 18.3 Å². The molecule has 1 aromatic carbocycles. The molecule has 1 aliphatic rings. The molecule has 5 atom stereocenters. The van der Waals surface area contributed by atoms with Crippen molar-refractivity contribution >= 4 is 18.0 Å². The van der Waals surface area contributed by atoms with E-state index in [0.717, 1.165) is 24.3 Å². The van der Waals surface area contributed by atoms with E-state index in [-0.39, 0.29) is 17.1 Å². The molecule has 10 nitrogen and oxygen atoms in total. The minimum Gasteiger partial charge on any atom is -0.493 e. The second kappa shape index (κ2) is 8.15. The van der Waals surface area contributed by atoms with Crippen LogP contribution in [0.4, 0.5) is 0 Å². The highest BCUT2D eigenvalue weighted by atomic mass is 16.7. The molecule has 142 valence electrons. The van der Waals surface area contributed by atoms with Gasteiger partial charge < -0.3 is 39.7 Å². The van der Waals surface area contributed by atoms with Crippen LogP contribution < -0.4 is 9.47 Å². The Morgan fingerprint density at radius 1 is 1.15 bits per heavy atom. The van der Waals surface area contributed by atoms with E-state index in [1.807, 2.05) is 0 Å². The van der Waals surface area contributed by atoms with Crippen molar-refractivity contribution in [1.82, 2.24) is 0 Å². The largest absolute Gasteiger partial charge is 0.493 e. The van der Waals surface area contributed by atoms with Gasteiger partial charge in [-0.2, -0.15) is 0 Å². The van der Waals surface area contributed by atoms with E-state index in [9.17, 15) is 24.9 Å². The first-order chi connectivity index (χ1) is 13.4. The van der Waals surface area contributed by atoms with Crippen molar-refractivity contribution in [2.45, 2.75) is 30.7 Å². The van der Waals surface area contributed by atoms with Gasteiger partial charge in [0.2, 0.25) is 6.29 Å². The van der Waals surface area contributed by atoms with Crippen LogP contribution in [0.15, 0.2) is 24.3 Å². The van der Waals surface area contributed by atoms with Crippen molar-refractivity contribution in [2.24, 2.45) is 0 Å². The molecule has 0 saturated carbocycles. The van der Waals surface area contributed by atoms with E-state index in [2.05, 4.69) is 0 Å². The lowest BCUT2D eigenvalue weighted by molar-refractivity contribution is -0.271. The lowest BCUT2D eigenvalue weighted by Gasteiger charge is -2.38. The van der Waals surface area contributed by atoms with Gasteiger partial charge >= 0.3 is 11.9 Å². The number of rotatable bonds is 6. The summed E-state index contributed by atoms with van der Waals surface area (Å²) in [5, 5.41) is 47.4. The molecular weight excluding hydrogens is 352 g/mol. The number of methoxy groups -OCH3 is 1. The standard InChI is InChI=1S/C16H18O10/c1-24-8-4-2-7(3-5-10(17)18)6-9(8)25-16-13(21)11(19)12(20)14(26-16)15(22)23/h2-6,11-14,16,19-21H,1H3,(H,17,18)(H,22,23)/b5-3+/t11-,12-,13+,14-,16+/m0/s1/i1D3. The third kappa shape index (κ3) is 4.29. The van der Waals surface area contributed by atoms with Gasteiger partial charge in [-0.25, -0.2) is 9.59 Å². The minimum atomic E-state index is -2.89. The smallest absolute Gasteiger partial charge is 0.335 e. The molecule has 0 radical (unpaired) electrons. The fourth-order valence-corrected chi connectivity index (χ4v) is 2.25. The molecule has 1 aliphatic heterocycles. The van der Waals surface area contributed by atoms with Crippen LogP contribution in [0, 0.1) is 0 Å². The Kier molecular flexibility index (Phi) is 4.88. The molecule has 0 spiro atoms.